The molecule has 0 saturated carbocycles. The Bertz CT molecular complexity index is 1160. The number of nitrogens with one attached hydrogen (secondary N) is 1. The van der Waals surface area contributed by atoms with Gasteiger partial charge in [-0.25, -0.2) is 8.42 Å². The number of carbonyl (C=O) groups excluding carboxylic acids is 1. The van der Waals surface area contributed by atoms with Crippen molar-refractivity contribution in [2.45, 2.75) is 50.5 Å². The van der Waals surface area contributed by atoms with E-state index in [1.165, 1.54) is 0 Å². The van der Waals surface area contributed by atoms with E-state index >= 15 is 0 Å². The van der Waals surface area contributed by atoms with Crippen molar-refractivity contribution >= 4 is 21.6 Å². The van der Waals surface area contributed by atoms with E-state index in [1.807, 2.05) is 43.5 Å². The Labute approximate surface area is 183 Å². The Morgan fingerprint density at radius 3 is 2.26 bits per heavy atom. The maximum Gasteiger partial charge on any atom is 0.263 e. The smallest absolute Gasteiger partial charge is 0.263 e. The Morgan fingerprint density at radius 1 is 1.00 bits per heavy atom. The quantitative estimate of drug-likeness (QED) is 0.552. The summed E-state index contributed by atoms with van der Waals surface area (Å²) >= 11 is 0. The normalized spacial score (nSPS) is 11.4. The number of para-hydroxylation sites is 1. The second-order valence-electron chi connectivity index (χ2n) is 7.51. The first kappa shape index (κ1) is 22.6. The van der Waals surface area contributed by atoms with Gasteiger partial charge in [0, 0.05) is 12.2 Å². The number of anilines is 1. The number of carbonyl (C=O) groups is 1. The fourth-order valence-corrected chi connectivity index (χ4v) is 5.16. The standard InChI is InChI=1S/C24H28N2O4S/c1-5-15-26-19(4)18(3)23(31(28,29)21-13-11-17(2)12-14-21)24(26)25-22(27)16-30-20-9-7-6-8-10-20/h6-14H,5,15-16H2,1-4H3,(H,25,27). The second kappa shape index (κ2) is 9.39. The van der Waals surface area contributed by atoms with Crippen LogP contribution < -0.4 is 10.1 Å². The predicted octanol–water partition coefficient (Wildman–Crippen LogP) is 4.67. The molecule has 0 spiro atoms. The van der Waals surface area contributed by atoms with Crippen LogP contribution >= 0.6 is 0 Å². The lowest BCUT2D eigenvalue weighted by Gasteiger charge is -2.14. The van der Waals surface area contributed by atoms with E-state index in [-0.39, 0.29) is 16.4 Å². The molecule has 1 N–H and O–H groups in total. The van der Waals surface area contributed by atoms with E-state index in [2.05, 4.69) is 5.32 Å². The molecule has 1 heterocycles. The molecule has 0 saturated heterocycles. The van der Waals surface area contributed by atoms with Crippen LogP contribution in [0.2, 0.25) is 0 Å². The molecule has 6 nitrogen and oxygen atoms in total. The summed E-state index contributed by atoms with van der Waals surface area (Å²) in [5.74, 6) is 0.444. The van der Waals surface area contributed by atoms with Gasteiger partial charge in [-0.3, -0.25) is 4.79 Å². The van der Waals surface area contributed by atoms with E-state index < -0.39 is 15.7 Å². The highest BCUT2D eigenvalue weighted by molar-refractivity contribution is 7.91. The Morgan fingerprint density at radius 2 is 1.65 bits per heavy atom. The van der Waals surface area contributed by atoms with Crippen LogP contribution in [0.15, 0.2) is 64.4 Å². The topological polar surface area (TPSA) is 77.4 Å². The van der Waals surface area contributed by atoms with Gasteiger partial charge in [-0.05, 0) is 57.0 Å². The van der Waals surface area contributed by atoms with Gasteiger partial charge in [-0.2, -0.15) is 0 Å². The Balaban J connectivity index is 1.99. The Hall–Kier alpha value is -3.06. The summed E-state index contributed by atoms with van der Waals surface area (Å²) in [5.41, 5.74) is 2.42. The molecule has 0 unspecified atom stereocenters. The van der Waals surface area contributed by atoms with Gasteiger partial charge in [-0.1, -0.05) is 42.8 Å². The van der Waals surface area contributed by atoms with Crippen LogP contribution in [0.4, 0.5) is 5.82 Å². The first-order chi connectivity index (χ1) is 14.8. The van der Waals surface area contributed by atoms with Gasteiger partial charge in [-0.15, -0.1) is 0 Å². The fourth-order valence-electron chi connectivity index (χ4n) is 3.46. The van der Waals surface area contributed by atoms with Crippen molar-refractivity contribution in [2.75, 3.05) is 11.9 Å². The van der Waals surface area contributed by atoms with Crippen molar-refractivity contribution in [3.05, 3.63) is 71.4 Å². The third kappa shape index (κ3) is 4.82. The molecule has 0 aliphatic heterocycles. The molecule has 3 aromatic rings. The van der Waals surface area contributed by atoms with Crippen LogP contribution in [0.1, 0.15) is 30.2 Å². The molecule has 1 amide bonds. The lowest BCUT2D eigenvalue weighted by atomic mass is 10.2. The summed E-state index contributed by atoms with van der Waals surface area (Å²) in [7, 11) is -3.83. The van der Waals surface area contributed by atoms with Gasteiger partial charge in [0.15, 0.2) is 6.61 Å². The number of hydrogen-bond donors (Lipinski definition) is 1. The SMILES string of the molecule is CCCn1c(C)c(C)c(S(=O)(=O)c2ccc(C)cc2)c1NC(=O)COc1ccccc1. The molecular weight excluding hydrogens is 412 g/mol. The molecule has 0 atom stereocenters. The molecule has 2 aromatic carbocycles. The number of nitrogens with zero attached hydrogens (tertiary/aromatic N) is 1. The van der Waals surface area contributed by atoms with Crippen LogP contribution in [0.5, 0.6) is 5.75 Å². The summed E-state index contributed by atoms with van der Waals surface area (Å²) in [6.07, 6.45) is 0.794. The maximum absolute atomic E-state index is 13.5. The fraction of sp³-hybridized carbons (Fsp3) is 0.292. The second-order valence-corrected chi connectivity index (χ2v) is 9.39. The van der Waals surface area contributed by atoms with Gasteiger partial charge in [0.25, 0.3) is 5.91 Å². The first-order valence-electron chi connectivity index (χ1n) is 10.2. The number of aromatic nitrogens is 1. The monoisotopic (exact) mass is 440 g/mol. The van der Waals surface area contributed by atoms with Gasteiger partial charge >= 0.3 is 0 Å². The van der Waals surface area contributed by atoms with Gasteiger partial charge in [0.2, 0.25) is 9.84 Å². The van der Waals surface area contributed by atoms with Gasteiger partial charge in [0.1, 0.15) is 16.5 Å². The molecule has 164 valence electrons. The molecule has 31 heavy (non-hydrogen) atoms. The largest absolute Gasteiger partial charge is 0.484 e. The highest BCUT2D eigenvalue weighted by Gasteiger charge is 2.30. The summed E-state index contributed by atoms with van der Waals surface area (Å²) in [6.45, 7) is 7.93. The average molecular weight is 441 g/mol. The van der Waals surface area contributed by atoms with Gasteiger partial charge < -0.3 is 14.6 Å². The number of benzene rings is 2. The van der Waals surface area contributed by atoms with E-state index in [1.54, 1.807) is 43.3 Å². The van der Waals surface area contributed by atoms with Crippen LogP contribution in [-0.4, -0.2) is 25.5 Å². The molecule has 3 rings (SSSR count). The minimum Gasteiger partial charge on any atom is -0.484 e. The van der Waals surface area contributed by atoms with Crippen molar-refractivity contribution in [3.8, 4) is 5.75 Å². The van der Waals surface area contributed by atoms with E-state index in [4.69, 9.17) is 4.74 Å². The number of amides is 1. The highest BCUT2D eigenvalue weighted by atomic mass is 32.2. The highest BCUT2D eigenvalue weighted by Crippen LogP contribution is 2.35. The molecule has 0 aliphatic rings. The minimum atomic E-state index is -3.83. The Kier molecular flexibility index (Phi) is 6.85. The molecular formula is C24H28N2O4S. The average Bonchev–Trinajstić information content (AvgIpc) is 2.98. The van der Waals surface area contributed by atoms with Crippen LogP contribution in [0.25, 0.3) is 0 Å². The van der Waals surface area contributed by atoms with Crippen molar-refractivity contribution in [1.82, 2.24) is 4.57 Å². The number of rotatable bonds is 8. The van der Waals surface area contributed by atoms with E-state index in [0.29, 0.717) is 23.7 Å². The number of aryl methyl sites for hydroxylation is 1. The first-order valence-corrected chi connectivity index (χ1v) is 11.7. The summed E-state index contributed by atoms with van der Waals surface area (Å²) in [6, 6.07) is 15.7. The van der Waals surface area contributed by atoms with Crippen LogP contribution in [0, 0.1) is 20.8 Å². The van der Waals surface area contributed by atoms with Crippen molar-refractivity contribution in [2.24, 2.45) is 0 Å². The molecule has 1 aromatic heterocycles. The molecule has 0 radical (unpaired) electrons. The van der Waals surface area contributed by atoms with Crippen LogP contribution in [-0.2, 0) is 21.2 Å². The zero-order valence-electron chi connectivity index (χ0n) is 18.3. The molecule has 0 fully saturated rings. The summed E-state index contributed by atoms with van der Waals surface area (Å²) in [5, 5.41) is 2.80. The van der Waals surface area contributed by atoms with Crippen molar-refractivity contribution in [1.29, 1.82) is 0 Å². The summed E-state index contributed by atoms with van der Waals surface area (Å²) < 4.78 is 34.4. The predicted molar refractivity (Wildman–Crippen MR) is 121 cm³/mol. The van der Waals surface area contributed by atoms with Gasteiger partial charge in [0.05, 0.1) is 4.90 Å². The molecule has 0 aliphatic carbocycles. The lowest BCUT2D eigenvalue weighted by Crippen LogP contribution is -2.23. The van der Waals surface area contributed by atoms with E-state index in [0.717, 1.165) is 17.7 Å². The third-order valence-electron chi connectivity index (χ3n) is 5.19. The zero-order valence-corrected chi connectivity index (χ0v) is 19.1. The number of sulfone groups is 1. The van der Waals surface area contributed by atoms with E-state index in [9.17, 15) is 13.2 Å². The number of ether oxygens (including phenoxy) is 1. The molecule has 0 bridgehead atoms. The molecule has 7 heteroatoms. The maximum atomic E-state index is 13.5. The zero-order chi connectivity index (χ0) is 22.6. The summed E-state index contributed by atoms with van der Waals surface area (Å²) in [4.78, 5) is 13.0. The van der Waals surface area contributed by atoms with Crippen molar-refractivity contribution < 1.29 is 17.9 Å². The lowest BCUT2D eigenvalue weighted by molar-refractivity contribution is -0.118. The van der Waals surface area contributed by atoms with Crippen molar-refractivity contribution in [3.63, 3.8) is 0 Å². The minimum absolute atomic E-state index is 0.135. The number of hydrogen-bond acceptors (Lipinski definition) is 4. The third-order valence-corrected chi connectivity index (χ3v) is 7.12. The van der Waals surface area contributed by atoms with Crippen LogP contribution in [0.3, 0.4) is 0 Å².